The van der Waals surface area contributed by atoms with E-state index in [2.05, 4.69) is 0 Å². The minimum absolute atomic E-state index is 0.0114. The van der Waals surface area contributed by atoms with Gasteiger partial charge in [-0.25, -0.2) is 0 Å². The summed E-state index contributed by atoms with van der Waals surface area (Å²) in [4.78, 5) is 13.3. The molecule has 0 fully saturated rings. The van der Waals surface area contributed by atoms with Crippen molar-refractivity contribution in [1.82, 2.24) is 0 Å². The van der Waals surface area contributed by atoms with Crippen LogP contribution in [-0.2, 0) is 6.42 Å². The molecule has 0 amide bonds. The number of ketones is 1. The molecule has 0 aliphatic heterocycles. The molecule has 0 spiro atoms. The summed E-state index contributed by atoms with van der Waals surface area (Å²) in [6.07, 6.45) is 5.75. The first-order chi connectivity index (χ1) is 11.0. The maximum Gasteiger partial charge on any atom is 0.189 e. The van der Waals surface area contributed by atoms with Crippen LogP contribution in [0.5, 0.6) is 11.5 Å². The third-order valence-electron chi connectivity index (χ3n) is 3.38. The number of ether oxygens (including phenoxy) is 1. The Morgan fingerprint density at radius 3 is 2.70 bits per heavy atom. The number of hydrogen-bond donors (Lipinski definition) is 1. The van der Waals surface area contributed by atoms with Gasteiger partial charge >= 0.3 is 0 Å². The van der Waals surface area contributed by atoms with Crippen LogP contribution in [0.25, 0.3) is 6.08 Å². The number of methoxy groups -OCH3 is 1. The lowest BCUT2D eigenvalue weighted by atomic mass is 10.0. The molecule has 1 aromatic carbocycles. The number of carbonyl (C=O) groups is 1. The van der Waals surface area contributed by atoms with Crippen molar-refractivity contribution in [2.45, 2.75) is 20.3 Å². The molecule has 4 heteroatoms. The molecule has 0 aliphatic rings. The zero-order valence-corrected chi connectivity index (χ0v) is 14.3. The number of phenols is 1. The van der Waals surface area contributed by atoms with Gasteiger partial charge in [-0.1, -0.05) is 17.7 Å². The van der Waals surface area contributed by atoms with E-state index in [9.17, 15) is 9.90 Å². The lowest BCUT2D eigenvalue weighted by Crippen LogP contribution is -2.00. The topological polar surface area (TPSA) is 46.5 Å². The first-order valence-corrected chi connectivity index (χ1v) is 8.19. The second-order valence-electron chi connectivity index (χ2n) is 5.34. The molecular weight excluding hydrogens is 308 g/mol. The van der Waals surface area contributed by atoms with Crippen LogP contribution >= 0.6 is 11.3 Å². The van der Waals surface area contributed by atoms with Gasteiger partial charge in [0.1, 0.15) is 11.5 Å². The van der Waals surface area contributed by atoms with Gasteiger partial charge in [-0.15, -0.1) is 11.3 Å². The van der Waals surface area contributed by atoms with Crippen LogP contribution in [0.4, 0.5) is 0 Å². The fourth-order valence-corrected chi connectivity index (χ4v) is 2.76. The van der Waals surface area contributed by atoms with Gasteiger partial charge in [0.25, 0.3) is 0 Å². The van der Waals surface area contributed by atoms with Crippen LogP contribution < -0.4 is 4.74 Å². The van der Waals surface area contributed by atoms with E-state index in [1.165, 1.54) is 6.08 Å². The van der Waals surface area contributed by atoms with Crippen molar-refractivity contribution in [3.63, 3.8) is 0 Å². The number of aromatic hydroxyl groups is 1. The fraction of sp³-hybridized carbons (Fsp3) is 0.211. The summed E-state index contributed by atoms with van der Waals surface area (Å²) < 4.78 is 5.30. The van der Waals surface area contributed by atoms with E-state index in [0.29, 0.717) is 17.7 Å². The van der Waals surface area contributed by atoms with Gasteiger partial charge in [-0.2, -0.15) is 0 Å². The summed E-state index contributed by atoms with van der Waals surface area (Å²) in [5.41, 5.74) is 2.06. The summed E-state index contributed by atoms with van der Waals surface area (Å²) >= 11 is 1.56. The van der Waals surface area contributed by atoms with Crippen LogP contribution in [0.1, 0.15) is 34.6 Å². The maximum atomic E-state index is 12.4. The molecule has 1 N–H and O–H groups in total. The predicted molar refractivity (Wildman–Crippen MR) is 95.5 cm³/mol. The van der Waals surface area contributed by atoms with Crippen molar-refractivity contribution in [3.8, 4) is 11.5 Å². The van der Waals surface area contributed by atoms with E-state index >= 15 is 0 Å². The molecule has 0 atom stereocenters. The molecule has 2 rings (SSSR count). The lowest BCUT2D eigenvalue weighted by Gasteiger charge is -2.12. The third kappa shape index (κ3) is 4.33. The van der Waals surface area contributed by atoms with Gasteiger partial charge in [0.2, 0.25) is 0 Å². The van der Waals surface area contributed by atoms with Crippen molar-refractivity contribution in [2.24, 2.45) is 0 Å². The standard InChI is InChI=1S/C19H20O3S/c1-13(2)6-8-16-18(22-3)11-9-15(19(16)21)17(20)10-7-14-5-4-12-23-14/h4-7,9-12,21H,8H2,1-3H3/b10-7+. The van der Waals surface area contributed by atoms with Crippen LogP contribution in [0.2, 0.25) is 0 Å². The van der Waals surface area contributed by atoms with Crippen molar-refractivity contribution in [3.05, 3.63) is 63.4 Å². The highest BCUT2D eigenvalue weighted by atomic mass is 32.1. The zero-order valence-electron chi connectivity index (χ0n) is 13.5. The average Bonchev–Trinajstić information content (AvgIpc) is 3.04. The first-order valence-electron chi connectivity index (χ1n) is 7.31. The predicted octanol–water partition coefficient (Wildman–Crippen LogP) is 4.87. The molecule has 0 aliphatic carbocycles. The second-order valence-corrected chi connectivity index (χ2v) is 6.32. The molecule has 1 aromatic heterocycles. The first kappa shape index (κ1) is 17.0. The molecular formula is C19H20O3S. The quantitative estimate of drug-likeness (QED) is 0.467. The number of carbonyl (C=O) groups excluding carboxylic acids is 1. The van der Waals surface area contributed by atoms with E-state index < -0.39 is 0 Å². The van der Waals surface area contributed by atoms with E-state index in [1.54, 1.807) is 36.7 Å². The molecule has 120 valence electrons. The van der Waals surface area contributed by atoms with Crippen LogP contribution in [-0.4, -0.2) is 18.0 Å². The van der Waals surface area contributed by atoms with Crippen LogP contribution in [0.15, 0.2) is 47.4 Å². The smallest absolute Gasteiger partial charge is 0.189 e. The highest BCUT2D eigenvalue weighted by Gasteiger charge is 2.16. The normalized spacial score (nSPS) is 10.7. The van der Waals surface area contributed by atoms with Gasteiger partial charge in [-0.05, 0) is 56.0 Å². The van der Waals surface area contributed by atoms with Gasteiger partial charge in [-0.3, -0.25) is 4.79 Å². The van der Waals surface area contributed by atoms with E-state index in [0.717, 1.165) is 10.5 Å². The highest BCUT2D eigenvalue weighted by molar-refractivity contribution is 7.10. The Labute approximate surface area is 140 Å². The summed E-state index contributed by atoms with van der Waals surface area (Å²) in [7, 11) is 1.55. The SMILES string of the molecule is COc1ccc(C(=O)/C=C/c2cccs2)c(O)c1CC=C(C)C. The van der Waals surface area contributed by atoms with Crippen LogP contribution in [0, 0.1) is 0 Å². The fourth-order valence-electron chi connectivity index (χ4n) is 2.15. The largest absolute Gasteiger partial charge is 0.507 e. The number of thiophene rings is 1. The summed E-state index contributed by atoms with van der Waals surface area (Å²) in [5.74, 6) is 0.346. The number of rotatable bonds is 6. The van der Waals surface area contributed by atoms with Gasteiger partial charge < -0.3 is 9.84 Å². The molecule has 0 unspecified atom stereocenters. The molecule has 0 saturated heterocycles. The van der Waals surface area contributed by atoms with Crippen LogP contribution in [0.3, 0.4) is 0 Å². The molecule has 2 aromatic rings. The Morgan fingerprint density at radius 2 is 2.09 bits per heavy atom. The van der Waals surface area contributed by atoms with Crippen molar-refractivity contribution in [2.75, 3.05) is 7.11 Å². The van der Waals surface area contributed by atoms with Gasteiger partial charge in [0.15, 0.2) is 5.78 Å². The number of allylic oxidation sites excluding steroid dienone is 3. The summed E-state index contributed by atoms with van der Waals surface area (Å²) in [6.45, 7) is 3.98. The molecule has 0 radical (unpaired) electrons. The van der Waals surface area contributed by atoms with E-state index in [-0.39, 0.29) is 17.1 Å². The Kier molecular flexibility index (Phi) is 5.77. The third-order valence-corrected chi connectivity index (χ3v) is 4.22. The minimum Gasteiger partial charge on any atom is -0.507 e. The molecule has 0 saturated carbocycles. The van der Waals surface area contributed by atoms with E-state index in [4.69, 9.17) is 4.74 Å². The number of hydrogen-bond acceptors (Lipinski definition) is 4. The van der Waals surface area contributed by atoms with Gasteiger partial charge in [0.05, 0.1) is 12.7 Å². The molecule has 23 heavy (non-hydrogen) atoms. The minimum atomic E-state index is -0.225. The molecule has 0 bridgehead atoms. The van der Waals surface area contributed by atoms with Crippen molar-refractivity contribution in [1.29, 1.82) is 0 Å². The summed E-state index contributed by atoms with van der Waals surface area (Å²) in [6, 6.07) is 7.18. The van der Waals surface area contributed by atoms with Crippen molar-refractivity contribution >= 4 is 23.2 Å². The molecule has 3 nitrogen and oxygen atoms in total. The Morgan fingerprint density at radius 1 is 1.30 bits per heavy atom. The zero-order chi connectivity index (χ0) is 16.8. The Hall–Kier alpha value is -2.33. The van der Waals surface area contributed by atoms with Gasteiger partial charge in [0, 0.05) is 10.4 Å². The number of phenolic OH excluding ortho intramolecular Hbond substituents is 1. The molecule has 1 heterocycles. The maximum absolute atomic E-state index is 12.4. The Bertz CT molecular complexity index is 736. The Balaban J connectivity index is 2.33. The highest BCUT2D eigenvalue weighted by Crippen LogP contribution is 2.32. The lowest BCUT2D eigenvalue weighted by molar-refractivity contribution is 0.104. The van der Waals surface area contributed by atoms with Crippen molar-refractivity contribution < 1.29 is 14.6 Å². The average molecular weight is 328 g/mol. The number of benzene rings is 1. The second kappa shape index (κ2) is 7.79. The van der Waals surface area contributed by atoms with E-state index in [1.807, 2.05) is 37.4 Å². The monoisotopic (exact) mass is 328 g/mol. The summed E-state index contributed by atoms with van der Waals surface area (Å²) in [5, 5.41) is 12.4.